The molecular weight excluding hydrogens is 269 g/mol. The van der Waals surface area contributed by atoms with Gasteiger partial charge in [0.1, 0.15) is 5.15 Å². The van der Waals surface area contributed by atoms with E-state index in [-0.39, 0.29) is 23.2 Å². The molecule has 0 aliphatic carbocycles. The Kier molecular flexibility index (Phi) is 4.72. The van der Waals surface area contributed by atoms with E-state index in [2.05, 4.69) is 10.3 Å². The Balaban J connectivity index is 2.85. The molecule has 0 aromatic carbocycles. The van der Waals surface area contributed by atoms with E-state index in [0.29, 0.717) is 6.20 Å². The van der Waals surface area contributed by atoms with Gasteiger partial charge in [-0.1, -0.05) is 23.8 Å². The Morgan fingerprint density at radius 2 is 2.22 bits per heavy atom. The molecular formula is C11H10ClF3N2O. The summed E-state index contributed by atoms with van der Waals surface area (Å²) in [5.41, 5.74) is -0.720. The number of amides is 1. The highest BCUT2D eigenvalue weighted by Gasteiger charge is 2.31. The van der Waals surface area contributed by atoms with Crippen LogP contribution in [0.1, 0.15) is 18.1 Å². The van der Waals surface area contributed by atoms with E-state index in [1.807, 2.05) is 0 Å². The minimum Gasteiger partial charge on any atom is -0.353 e. The molecule has 0 fully saturated rings. The van der Waals surface area contributed by atoms with Crippen molar-refractivity contribution in [2.45, 2.75) is 13.1 Å². The van der Waals surface area contributed by atoms with Crippen LogP contribution in [0, 0.1) is 0 Å². The second kappa shape index (κ2) is 5.86. The predicted octanol–water partition coefficient (Wildman–Crippen LogP) is 2.90. The lowest BCUT2D eigenvalue weighted by atomic mass is 10.2. The number of alkyl halides is 3. The highest BCUT2D eigenvalue weighted by atomic mass is 35.5. The summed E-state index contributed by atoms with van der Waals surface area (Å²) in [7, 11) is 0. The van der Waals surface area contributed by atoms with E-state index in [1.54, 1.807) is 0 Å². The van der Waals surface area contributed by atoms with Crippen LogP contribution in [-0.2, 0) is 11.0 Å². The van der Waals surface area contributed by atoms with Gasteiger partial charge in [-0.2, -0.15) is 13.2 Å². The van der Waals surface area contributed by atoms with Crippen molar-refractivity contribution in [2.75, 3.05) is 6.54 Å². The maximum Gasteiger partial charge on any atom is 0.417 e. The fraction of sp³-hybridized carbons (Fsp3) is 0.273. The second-order valence-corrected chi connectivity index (χ2v) is 3.80. The second-order valence-electron chi connectivity index (χ2n) is 3.44. The minimum absolute atomic E-state index is 0.0259. The number of nitrogens with one attached hydrogen (secondary N) is 1. The number of hydrogen-bond donors (Lipinski definition) is 1. The van der Waals surface area contributed by atoms with Gasteiger partial charge in [-0.05, 0) is 6.07 Å². The number of hydrogen-bond acceptors (Lipinski definition) is 2. The molecule has 0 spiro atoms. The molecule has 3 nitrogen and oxygen atoms in total. The van der Waals surface area contributed by atoms with Crippen molar-refractivity contribution in [3.63, 3.8) is 0 Å². The van der Waals surface area contributed by atoms with E-state index < -0.39 is 11.7 Å². The number of carbonyl (C=O) groups excluding carboxylic acids is 1. The molecule has 0 aliphatic rings. The lowest BCUT2D eigenvalue weighted by molar-refractivity contribution is -0.137. The van der Waals surface area contributed by atoms with E-state index in [0.717, 1.165) is 6.07 Å². The van der Waals surface area contributed by atoms with Crippen LogP contribution in [0.5, 0.6) is 0 Å². The number of nitrogens with zero attached hydrogens (tertiary/aromatic N) is 1. The first-order valence-corrected chi connectivity index (χ1v) is 5.32. The summed E-state index contributed by atoms with van der Waals surface area (Å²) in [6.45, 7) is 1.55. The molecule has 1 aromatic rings. The van der Waals surface area contributed by atoms with Gasteiger partial charge in [0.15, 0.2) is 0 Å². The Labute approximate surface area is 107 Å². The summed E-state index contributed by atoms with van der Waals surface area (Å²) in [5.74, 6) is -0.229. The first-order chi connectivity index (χ1) is 8.30. The average Bonchev–Trinajstić information content (AvgIpc) is 2.24. The monoisotopic (exact) mass is 278 g/mol. The summed E-state index contributed by atoms with van der Waals surface area (Å²) < 4.78 is 37.3. The predicted molar refractivity (Wildman–Crippen MR) is 62.0 cm³/mol. The Bertz CT molecular complexity index is 472. The van der Waals surface area contributed by atoms with E-state index in [9.17, 15) is 18.0 Å². The molecule has 0 saturated heterocycles. The fourth-order valence-electron chi connectivity index (χ4n) is 1.13. The van der Waals surface area contributed by atoms with E-state index in [1.165, 1.54) is 19.1 Å². The highest BCUT2D eigenvalue weighted by Crippen LogP contribution is 2.30. The number of aromatic nitrogens is 1. The van der Waals surface area contributed by atoms with Crippen molar-refractivity contribution >= 4 is 23.6 Å². The molecule has 0 atom stereocenters. The molecule has 1 rings (SSSR count). The van der Waals surface area contributed by atoms with Gasteiger partial charge in [0.25, 0.3) is 0 Å². The lowest BCUT2D eigenvalue weighted by Gasteiger charge is -2.07. The van der Waals surface area contributed by atoms with Gasteiger partial charge in [-0.25, -0.2) is 4.98 Å². The number of halogens is 4. The van der Waals surface area contributed by atoms with Crippen LogP contribution >= 0.6 is 11.6 Å². The number of rotatable bonds is 3. The minimum atomic E-state index is -4.46. The van der Waals surface area contributed by atoms with Gasteiger partial charge in [0, 0.05) is 25.2 Å². The van der Waals surface area contributed by atoms with Gasteiger partial charge >= 0.3 is 6.18 Å². The van der Waals surface area contributed by atoms with Gasteiger partial charge in [0.2, 0.25) is 5.91 Å². The SMILES string of the molecule is CC(=O)NCC=Cc1cc(C(F)(F)F)cnc1Cl. The van der Waals surface area contributed by atoms with Crippen molar-refractivity contribution in [3.05, 3.63) is 34.6 Å². The van der Waals surface area contributed by atoms with Gasteiger partial charge < -0.3 is 5.32 Å². The summed E-state index contributed by atoms with van der Waals surface area (Å²) in [5, 5.41) is 2.44. The van der Waals surface area contributed by atoms with Crippen molar-refractivity contribution < 1.29 is 18.0 Å². The van der Waals surface area contributed by atoms with Crippen LogP contribution < -0.4 is 5.32 Å². The van der Waals surface area contributed by atoms with E-state index >= 15 is 0 Å². The van der Waals surface area contributed by atoms with Gasteiger partial charge in [-0.3, -0.25) is 4.79 Å². The maximum absolute atomic E-state index is 12.4. The van der Waals surface area contributed by atoms with Crippen LogP contribution in [0.4, 0.5) is 13.2 Å². The molecule has 0 saturated carbocycles. The first kappa shape index (κ1) is 14.5. The molecule has 1 heterocycles. The molecule has 0 aliphatic heterocycles. The van der Waals surface area contributed by atoms with Crippen LogP contribution in [0.15, 0.2) is 18.3 Å². The van der Waals surface area contributed by atoms with Crippen molar-refractivity contribution in [1.29, 1.82) is 0 Å². The Hall–Kier alpha value is -1.56. The molecule has 7 heteroatoms. The number of carbonyl (C=O) groups is 1. The largest absolute Gasteiger partial charge is 0.417 e. The maximum atomic E-state index is 12.4. The third kappa shape index (κ3) is 4.37. The zero-order valence-electron chi connectivity index (χ0n) is 9.38. The van der Waals surface area contributed by atoms with Crippen molar-refractivity contribution in [1.82, 2.24) is 10.3 Å². The van der Waals surface area contributed by atoms with Crippen LogP contribution in [-0.4, -0.2) is 17.4 Å². The molecule has 1 N–H and O–H groups in total. The standard InChI is InChI=1S/C11H10ClF3N2O/c1-7(18)16-4-2-3-8-5-9(11(13,14)15)6-17-10(8)12/h2-3,5-6H,4H2,1H3,(H,16,18). The Morgan fingerprint density at radius 1 is 1.56 bits per heavy atom. The van der Waals surface area contributed by atoms with Crippen molar-refractivity contribution in [3.8, 4) is 0 Å². The lowest BCUT2D eigenvalue weighted by Crippen LogP contribution is -2.19. The summed E-state index contributed by atoms with van der Waals surface area (Å²) in [6, 6.07) is 0.902. The number of pyridine rings is 1. The summed E-state index contributed by atoms with van der Waals surface area (Å²) in [6.07, 6.45) is -0.920. The summed E-state index contributed by atoms with van der Waals surface area (Å²) >= 11 is 5.67. The van der Waals surface area contributed by atoms with Gasteiger partial charge in [-0.15, -0.1) is 0 Å². The van der Waals surface area contributed by atoms with Crippen LogP contribution in [0.3, 0.4) is 0 Å². The zero-order valence-corrected chi connectivity index (χ0v) is 10.1. The quantitative estimate of drug-likeness (QED) is 0.864. The molecule has 0 unspecified atom stereocenters. The van der Waals surface area contributed by atoms with Crippen LogP contribution in [0.25, 0.3) is 6.08 Å². The fourth-order valence-corrected chi connectivity index (χ4v) is 1.29. The van der Waals surface area contributed by atoms with Crippen LogP contribution in [0.2, 0.25) is 5.15 Å². The molecule has 0 bridgehead atoms. The molecule has 98 valence electrons. The first-order valence-electron chi connectivity index (χ1n) is 4.94. The molecule has 18 heavy (non-hydrogen) atoms. The molecule has 1 aromatic heterocycles. The third-order valence-electron chi connectivity index (χ3n) is 1.96. The van der Waals surface area contributed by atoms with Crippen molar-refractivity contribution in [2.24, 2.45) is 0 Å². The Morgan fingerprint density at radius 3 is 2.78 bits per heavy atom. The zero-order chi connectivity index (χ0) is 13.8. The molecule has 0 radical (unpaired) electrons. The summed E-state index contributed by atoms with van der Waals surface area (Å²) in [4.78, 5) is 14.0. The topological polar surface area (TPSA) is 42.0 Å². The molecule has 1 amide bonds. The van der Waals surface area contributed by atoms with Gasteiger partial charge in [0.05, 0.1) is 5.56 Å². The van der Waals surface area contributed by atoms with E-state index in [4.69, 9.17) is 11.6 Å². The average molecular weight is 279 g/mol. The normalized spacial score (nSPS) is 11.8. The highest BCUT2D eigenvalue weighted by molar-refractivity contribution is 6.30. The smallest absolute Gasteiger partial charge is 0.353 e. The third-order valence-corrected chi connectivity index (χ3v) is 2.28.